The van der Waals surface area contributed by atoms with Crippen molar-refractivity contribution in [2.75, 3.05) is 7.11 Å². The zero-order valence-corrected chi connectivity index (χ0v) is 21.1. The number of aromatic nitrogens is 3. The number of nitrogens with zero attached hydrogens (tertiary/aromatic N) is 3. The molecule has 0 amide bonds. The van der Waals surface area contributed by atoms with Gasteiger partial charge in [0.25, 0.3) is 0 Å². The number of ether oxygens (including phenoxy) is 2. The molecule has 1 aliphatic rings. The molecular formula is C28H27N3O3S. The second kappa shape index (κ2) is 9.68. The Labute approximate surface area is 209 Å². The van der Waals surface area contributed by atoms with Gasteiger partial charge in [0, 0.05) is 29.5 Å². The van der Waals surface area contributed by atoms with Gasteiger partial charge in [-0.2, -0.15) is 4.98 Å². The summed E-state index contributed by atoms with van der Waals surface area (Å²) in [7, 11) is 1.64. The zero-order valence-electron chi connectivity index (χ0n) is 20.3. The molecule has 1 aliphatic heterocycles. The predicted molar refractivity (Wildman–Crippen MR) is 137 cm³/mol. The van der Waals surface area contributed by atoms with Gasteiger partial charge in [0.15, 0.2) is 11.6 Å². The van der Waals surface area contributed by atoms with Crippen molar-refractivity contribution < 1.29 is 14.6 Å². The normalized spacial score (nSPS) is 12.0. The van der Waals surface area contributed by atoms with E-state index in [0.29, 0.717) is 29.6 Å². The van der Waals surface area contributed by atoms with Crippen molar-refractivity contribution >= 4 is 11.8 Å². The van der Waals surface area contributed by atoms with Crippen LogP contribution in [0.1, 0.15) is 39.1 Å². The van der Waals surface area contributed by atoms with Crippen molar-refractivity contribution in [1.82, 2.24) is 15.0 Å². The van der Waals surface area contributed by atoms with Crippen molar-refractivity contribution in [2.45, 2.75) is 44.6 Å². The first-order valence-corrected chi connectivity index (χ1v) is 12.5. The predicted octanol–water partition coefficient (Wildman–Crippen LogP) is 5.95. The van der Waals surface area contributed by atoms with Gasteiger partial charge in [-0.05, 0) is 44.0 Å². The molecule has 0 aliphatic carbocycles. The molecule has 0 radical (unpaired) electrons. The van der Waals surface area contributed by atoms with Crippen LogP contribution in [0.15, 0.2) is 53.7 Å². The molecular weight excluding hydrogens is 458 g/mol. The Kier molecular flexibility index (Phi) is 6.45. The summed E-state index contributed by atoms with van der Waals surface area (Å²) < 4.78 is 11.9. The molecule has 7 heteroatoms. The number of para-hydroxylation sites is 1. The summed E-state index contributed by atoms with van der Waals surface area (Å²) in [5.74, 6) is 3.22. The lowest BCUT2D eigenvalue weighted by molar-refractivity contribution is 0.278. The Bertz CT molecular complexity index is 1420. The van der Waals surface area contributed by atoms with E-state index in [9.17, 15) is 5.11 Å². The van der Waals surface area contributed by atoms with Crippen LogP contribution < -0.4 is 9.47 Å². The molecule has 0 fully saturated rings. The van der Waals surface area contributed by atoms with Gasteiger partial charge in [0.05, 0.1) is 30.5 Å². The summed E-state index contributed by atoms with van der Waals surface area (Å²) in [6.45, 7) is 6.05. The van der Waals surface area contributed by atoms with Crippen LogP contribution in [0.5, 0.6) is 17.4 Å². The molecule has 3 heterocycles. The monoisotopic (exact) mass is 485 g/mol. The number of methoxy groups -OCH3 is 1. The highest BCUT2D eigenvalue weighted by Crippen LogP contribution is 2.43. The number of fused-ring (bicyclic) bond motifs is 2. The van der Waals surface area contributed by atoms with Crippen LogP contribution >= 0.6 is 11.8 Å². The van der Waals surface area contributed by atoms with E-state index < -0.39 is 0 Å². The second-order valence-corrected chi connectivity index (χ2v) is 9.63. The second-order valence-electron chi connectivity index (χ2n) is 8.67. The van der Waals surface area contributed by atoms with E-state index >= 15 is 0 Å². The van der Waals surface area contributed by atoms with Gasteiger partial charge >= 0.3 is 0 Å². The van der Waals surface area contributed by atoms with Gasteiger partial charge < -0.3 is 14.6 Å². The van der Waals surface area contributed by atoms with E-state index in [2.05, 4.69) is 37.0 Å². The number of thioether (sulfide) groups is 1. The molecule has 35 heavy (non-hydrogen) atoms. The lowest BCUT2D eigenvalue weighted by Crippen LogP contribution is -2.13. The van der Waals surface area contributed by atoms with Gasteiger partial charge in [-0.25, -0.2) is 4.98 Å². The molecule has 0 atom stereocenters. The number of aliphatic hydroxyl groups excluding tert-OH is 1. The molecule has 4 aromatic rings. The standard InChI is InChI=1S/C28H27N3O3S/c1-16-9-10-17(2)19(11-16)15-35-28-23-12-22-20(14-32)13-29-18(3)25(22)34-27(23)30-26(31-28)21-7-5-6-8-24(21)33-4/h5-11,13,32H,12,14-15H2,1-4H3. The van der Waals surface area contributed by atoms with Crippen molar-refractivity contribution in [1.29, 1.82) is 0 Å². The molecule has 1 N–H and O–H groups in total. The Morgan fingerprint density at radius 1 is 1.03 bits per heavy atom. The van der Waals surface area contributed by atoms with Crippen LogP contribution in [0.4, 0.5) is 0 Å². The molecule has 0 unspecified atom stereocenters. The minimum atomic E-state index is -0.0978. The fourth-order valence-electron chi connectivity index (χ4n) is 4.26. The Balaban J connectivity index is 1.62. The molecule has 178 valence electrons. The number of rotatable bonds is 6. The highest BCUT2D eigenvalue weighted by molar-refractivity contribution is 7.98. The first kappa shape index (κ1) is 23.3. The maximum atomic E-state index is 9.91. The number of aryl methyl sites for hydroxylation is 3. The largest absolute Gasteiger partial charge is 0.496 e. The van der Waals surface area contributed by atoms with Gasteiger partial charge in [-0.3, -0.25) is 4.98 Å². The van der Waals surface area contributed by atoms with Crippen molar-refractivity contribution in [2.24, 2.45) is 0 Å². The molecule has 0 bridgehead atoms. The summed E-state index contributed by atoms with van der Waals surface area (Å²) in [5, 5.41) is 10.8. The fourth-order valence-corrected chi connectivity index (χ4v) is 5.35. The number of pyridine rings is 1. The highest BCUT2D eigenvalue weighted by Gasteiger charge is 2.28. The van der Waals surface area contributed by atoms with Crippen molar-refractivity contribution in [3.05, 3.63) is 87.7 Å². The van der Waals surface area contributed by atoms with Crippen LogP contribution in [0.25, 0.3) is 11.4 Å². The molecule has 0 spiro atoms. The molecule has 0 saturated carbocycles. The lowest BCUT2D eigenvalue weighted by atomic mass is 9.99. The van der Waals surface area contributed by atoms with Crippen LogP contribution in [0.2, 0.25) is 0 Å². The average molecular weight is 486 g/mol. The minimum Gasteiger partial charge on any atom is -0.496 e. The van der Waals surface area contributed by atoms with Crippen molar-refractivity contribution in [3.8, 4) is 28.8 Å². The van der Waals surface area contributed by atoms with Crippen molar-refractivity contribution in [3.63, 3.8) is 0 Å². The highest BCUT2D eigenvalue weighted by atomic mass is 32.2. The van der Waals surface area contributed by atoms with E-state index in [1.165, 1.54) is 16.7 Å². The smallest absolute Gasteiger partial charge is 0.227 e. The topological polar surface area (TPSA) is 77.4 Å². The minimum absolute atomic E-state index is 0.0978. The fraction of sp³-hybridized carbons (Fsp3) is 0.250. The van der Waals surface area contributed by atoms with Gasteiger partial charge in [-0.1, -0.05) is 35.9 Å². The quantitative estimate of drug-likeness (QED) is 0.235. The molecule has 6 nitrogen and oxygen atoms in total. The molecule has 2 aromatic heterocycles. The van der Waals surface area contributed by atoms with E-state index in [1.807, 2.05) is 31.2 Å². The van der Waals surface area contributed by atoms with Gasteiger partial charge in [-0.15, -0.1) is 11.8 Å². The number of hydrogen-bond acceptors (Lipinski definition) is 7. The van der Waals surface area contributed by atoms with Crippen LogP contribution in [-0.4, -0.2) is 27.2 Å². The molecule has 2 aromatic carbocycles. The summed E-state index contributed by atoms with van der Waals surface area (Å²) >= 11 is 1.68. The number of benzene rings is 2. The first-order valence-electron chi connectivity index (χ1n) is 11.5. The summed E-state index contributed by atoms with van der Waals surface area (Å²) in [6, 6.07) is 14.2. The third-order valence-electron chi connectivity index (χ3n) is 6.28. The molecule has 5 rings (SSSR count). The summed E-state index contributed by atoms with van der Waals surface area (Å²) in [5.41, 5.74) is 7.95. The zero-order chi connectivity index (χ0) is 24.5. The number of aliphatic hydroxyl groups is 1. The average Bonchev–Trinajstić information content (AvgIpc) is 2.88. The van der Waals surface area contributed by atoms with Crippen LogP contribution in [0.3, 0.4) is 0 Å². The van der Waals surface area contributed by atoms with E-state index in [4.69, 9.17) is 19.4 Å². The van der Waals surface area contributed by atoms with E-state index in [-0.39, 0.29) is 6.61 Å². The third-order valence-corrected chi connectivity index (χ3v) is 7.34. The number of hydrogen-bond donors (Lipinski definition) is 1. The van der Waals surface area contributed by atoms with E-state index in [0.717, 1.165) is 38.7 Å². The Morgan fingerprint density at radius 3 is 2.66 bits per heavy atom. The Morgan fingerprint density at radius 2 is 1.86 bits per heavy atom. The van der Waals surface area contributed by atoms with Gasteiger partial charge in [0.2, 0.25) is 5.88 Å². The Hall–Kier alpha value is -3.42. The third kappa shape index (κ3) is 4.49. The van der Waals surface area contributed by atoms with Crippen LogP contribution in [-0.2, 0) is 18.8 Å². The molecule has 0 saturated heterocycles. The summed E-state index contributed by atoms with van der Waals surface area (Å²) in [6.07, 6.45) is 2.29. The van der Waals surface area contributed by atoms with Crippen LogP contribution in [0, 0.1) is 20.8 Å². The lowest BCUT2D eigenvalue weighted by Gasteiger charge is -2.24. The first-order chi connectivity index (χ1) is 17.0. The summed E-state index contributed by atoms with van der Waals surface area (Å²) in [4.78, 5) is 14.2. The van der Waals surface area contributed by atoms with Gasteiger partial charge in [0.1, 0.15) is 10.8 Å². The van der Waals surface area contributed by atoms with E-state index in [1.54, 1.807) is 25.1 Å². The SMILES string of the molecule is COc1ccccc1-c1nc2c(c(SCc3cc(C)ccc3C)n1)Cc1c(CO)cnc(C)c1O2. The maximum Gasteiger partial charge on any atom is 0.227 e. The maximum absolute atomic E-state index is 9.91.